The van der Waals surface area contributed by atoms with Gasteiger partial charge in [0, 0.05) is 6.54 Å². The lowest BCUT2D eigenvalue weighted by atomic mass is 9.94. The molecule has 1 aromatic carbocycles. The Kier molecular flexibility index (Phi) is 5.42. The van der Waals surface area contributed by atoms with E-state index in [2.05, 4.69) is 17.5 Å². The lowest BCUT2D eigenvalue weighted by Gasteiger charge is -2.20. The molecule has 0 bridgehead atoms. The Morgan fingerprint density at radius 3 is 2.48 bits per heavy atom. The molecule has 2 rings (SSSR count). The van der Waals surface area contributed by atoms with Crippen molar-refractivity contribution in [2.45, 2.75) is 31.5 Å². The summed E-state index contributed by atoms with van der Waals surface area (Å²) in [7, 11) is 0. The maximum Gasteiger partial charge on any atom is 0.416 e. The van der Waals surface area contributed by atoms with Crippen LogP contribution in [0.4, 0.5) is 13.2 Å². The van der Waals surface area contributed by atoms with Crippen LogP contribution < -0.4 is 5.32 Å². The summed E-state index contributed by atoms with van der Waals surface area (Å²) in [6.07, 6.45) is 2.50. The fraction of sp³-hybridized carbons (Fsp3) is 0.500. The molecule has 0 radical (unpaired) electrons. The van der Waals surface area contributed by atoms with Crippen LogP contribution in [-0.4, -0.2) is 18.2 Å². The van der Waals surface area contributed by atoms with Gasteiger partial charge in [-0.3, -0.25) is 0 Å². The maximum atomic E-state index is 12.4. The van der Waals surface area contributed by atoms with Crippen molar-refractivity contribution in [1.82, 2.24) is 5.32 Å². The van der Waals surface area contributed by atoms with Gasteiger partial charge in [0.25, 0.3) is 0 Å². The van der Waals surface area contributed by atoms with Gasteiger partial charge in [-0.15, -0.1) is 0 Å². The molecule has 2 nitrogen and oxygen atoms in total. The largest absolute Gasteiger partial charge is 0.416 e. The number of aliphatic hydroxyl groups excluding tert-OH is 1. The van der Waals surface area contributed by atoms with E-state index in [9.17, 15) is 18.3 Å². The molecule has 5 heteroatoms. The normalized spacial score (nSPS) is 20.5. The summed E-state index contributed by atoms with van der Waals surface area (Å²) in [6.45, 7) is 1.17. The van der Waals surface area contributed by atoms with E-state index >= 15 is 0 Å². The minimum Gasteiger partial charge on any atom is -0.387 e. The van der Waals surface area contributed by atoms with E-state index in [1.54, 1.807) is 0 Å². The number of hydrogen-bond acceptors (Lipinski definition) is 2. The lowest BCUT2D eigenvalue weighted by molar-refractivity contribution is -0.137. The molecule has 1 aliphatic rings. The first-order chi connectivity index (χ1) is 9.97. The van der Waals surface area contributed by atoms with Crippen molar-refractivity contribution < 1.29 is 18.3 Å². The molecule has 2 unspecified atom stereocenters. The molecule has 0 saturated carbocycles. The smallest absolute Gasteiger partial charge is 0.387 e. The van der Waals surface area contributed by atoms with Crippen molar-refractivity contribution in [2.75, 3.05) is 13.1 Å². The van der Waals surface area contributed by atoms with Gasteiger partial charge in [-0.2, -0.15) is 13.2 Å². The van der Waals surface area contributed by atoms with Crippen LogP contribution in [0.5, 0.6) is 0 Å². The van der Waals surface area contributed by atoms with E-state index in [0.717, 1.165) is 37.9 Å². The number of hydrogen-bond donors (Lipinski definition) is 2. The monoisotopic (exact) mass is 299 g/mol. The number of allylic oxidation sites excluding steroid dienone is 2. The van der Waals surface area contributed by atoms with Crippen molar-refractivity contribution in [1.29, 1.82) is 0 Å². The van der Waals surface area contributed by atoms with E-state index in [4.69, 9.17) is 0 Å². The highest BCUT2D eigenvalue weighted by atomic mass is 19.4. The summed E-state index contributed by atoms with van der Waals surface area (Å²) in [5.74, 6) is 0.579. The number of halogens is 3. The van der Waals surface area contributed by atoms with Gasteiger partial charge in [-0.25, -0.2) is 0 Å². The van der Waals surface area contributed by atoms with Gasteiger partial charge in [0.2, 0.25) is 0 Å². The van der Waals surface area contributed by atoms with Crippen LogP contribution in [0.25, 0.3) is 0 Å². The first-order valence-electron chi connectivity index (χ1n) is 7.18. The topological polar surface area (TPSA) is 32.3 Å². The van der Waals surface area contributed by atoms with Gasteiger partial charge in [-0.1, -0.05) is 24.3 Å². The van der Waals surface area contributed by atoms with Crippen LogP contribution in [0, 0.1) is 5.92 Å². The summed E-state index contributed by atoms with van der Waals surface area (Å²) in [6, 6.07) is 4.67. The zero-order valence-corrected chi connectivity index (χ0v) is 11.7. The first-order valence-corrected chi connectivity index (χ1v) is 7.18. The Morgan fingerprint density at radius 2 is 1.90 bits per heavy atom. The highest BCUT2D eigenvalue weighted by Crippen LogP contribution is 2.29. The van der Waals surface area contributed by atoms with Gasteiger partial charge in [0.1, 0.15) is 0 Å². The fourth-order valence-electron chi connectivity index (χ4n) is 2.48. The predicted octanol–water partition coefficient (Wildman–Crippen LogP) is 3.68. The fourth-order valence-corrected chi connectivity index (χ4v) is 2.48. The number of benzene rings is 1. The number of rotatable bonds is 5. The van der Waals surface area contributed by atoms with E-state index in [1.165, 1.54) is 12.1 Å². The van der Waals surface area contributed by atoms with Crippen molar-refractivity contribution in [3.63, 3.8) is 0 Å². The van der Waals surface area contributed by atoms with Crippen molar-refractivity contribution >= 4 is 0 Å². The Morgan fingerprint density at radius 1 is 1.19 bits per heavy atom. The molecule has 21 heavy (non-hydrogen) atoms. The van der Waals surface area contributed by atoms with Crippen molar-refractivity contribution in [3.05, 3.63) is 47.5 Å². The van der Waals surface area contributed by atoms with Gasteiger partial charge < -0.3 is 10.4 Å². The third-order valence-corrected chi connectivity index (χ3v) is 3.77. The lowest BCUT2D eigenvalue weighted by Crippen LogP contribution is -2.27. The summed E-state index contributed by atoms with van der Waals surface area (Å²) in [5.41, 5.74) is -0.195. The van der Waals surface area contributed by atoms with E-state index in [1.807, 2.05) is 0 Å². The molecule has 116 valence electrons. The Bertz CT molecular complexity index is 467. The molecule has 2 N–H and O–H groups in total. The molecule has 0 spiro atoms. The van der Waals surface area contributed by atoms with Gasteiger partial charge in [0.05, 0.1) is 11.7 Å². The minimum atomic E-state index is -4.34. The summed E-state index contributed by atoms with van der Waals surface area (Å²) in [5, 5.41) is 13.2. The van der Waals surface area contributed by atoms with Crippen LogP contribution in [0.1, 0.15) is 36.5 Å². The van der Waals surface area contributed by atoms with Crippen molar-refractivity contribution in [2.24, 2.45) is 5.92 Å². The summed E-state index contributed by atoms with van der Waals surface area (Å²) < 4.78 is 37.3. The van der Waals surface area contributed by atoms with Crippen molar-refractivity contribution in [3.8, 4) is 0 Å². The highest BCUT2D eigenvalue weighted by molar-refractivity contribution is 5.26. The van der Waals surface area contributed by atoms with Crippen LogP contribution >= 0.6 is 0 Å². The zero-order valence-electron chi connectivity index (χ0n) is 11.7. The van der Waals surface area contributed by atoms with E-state index < -0.39 is 17.8 Å². The maximum absolute atomic E-state index is 12.4. The highest BCUT2D eigenvalue weighted by Gasteiger charge is 2.30. The standard InChI is InChI=1S/C16H20F3NO/c17-16(18,19)14-8-6-13(7-9-14)15(21)11-20-10-12-4-2-1-3-5-12/h1-2,6-9,12,15,20-21H,3-5,10-11H2. The molecule has 1 aliphatic carbocycles. The molecule has 0 saturated heterocycles. The molecule has 0 amide bonds. The summed E-state index contributed by atoms with van der Waals surface area (Å²) >= 11 is 0. The van der Waals surface area contributed by atoms with Crippen LogP contribution in [-0.2, 0) is 6.18 Å². The van der Waals surface area contributed by atoms with Crippen LogP contribution in [0.3, 0.4) is 0 Å². The molecule has 0 heterocycles. The molecule has 1 aromatic rings. The van der Waals surface area contributed by atoms with Gasteiger partial charge >= 0.3 is 6.18 Å². The third kappa shape index (κ3) is 4.86. The molecule has 2 atom stereocenters. The third-order valence-electron chi connectivity index (χ3n) is 3.77. The minimum absolute atomic E-state index is 0.353. The Hall–Kier alpha value is -1.33. The SMILES string of the molecule is OC(CNCC1CC=CCC1)c1ccc(C(F)(F)F)cc1. The summed E-state index contributed by atoms with van der Waals surface area (Å²) in [4.78, 5) is 0. The van der Waals surface area contributed by atoms with Gasteiger partial charge in [-0.05, 0) is 49.4 Å². The molecule has 0 fully saturated rings. The van der Waals surface area contributed by atoms with Gasteiger partial charge in [0.15, 0.2) is 0 Å². The number of aliphatic hydroxyl groups is 1. The second kappa shape index (κ2) is 7.09. The molecule has 0 aromatic heterocycles. The van der Waals surface area contributed by atoms with E-state index in [-0.39, 0.29) is 0 Å². The zero-order chi connectivity index (χ0) is 15.3. The molecule has 0 aliphatic heterocycles. The second-order valence-electron chi connectivity index (χ2n) is 5.44. The first kappa shape index (κ1) is 16.0. The number of nitrogens with one attached hydrogen (secondary N) is 1. The predicted molar refractivity (Wildman–Crippen MR) is 75.8 cm³/mol. The molecular formula is C16H20F3NO. The average Bonchev–Trinajstić information content (AvgIpc) is 2.47. The average molecular weight is 299 g/mol. The quantitative estimate of drug-likeness (QED) is 0.813. The Labute approximate surface area is 122 Å². The van der Waals surface area contributed by atoms with Crippen LogP contribution in [0.2, 0.25) is 0 Å². The molecular weight excluding hydrogens is 279 g/mol. The van der Waals surface area contributed by atoms with E-state index in [0.29, 0.717) is 18.0 Å². The Balaban J connectivity index is 1.80. The second-order valence-corrected chi connectivity index (χ2v) is 5.44. The number of alkyl halides is 3. The van der Waals surface area contributed by atoms with Crippen LogP contribution in [0.15, 0.2) is 36.4 Å².